The lowest BCUT2D eigenvalue weighted by Crippen LogP contribution is -2.25. The molecule has 1 aromatic heterocycles. The molecule has 0 aliphatic rings. The maximum absolute atomic E-state index is 11.6. The highest BCUT2D eigenvalue weighted by atomic mass is 79.9. The van der Waals surface area contributed by atoms with Crippen LogP contribution in [0.15, 0.2) is 15.5 Å². The summed E-state index contributed by atoms with van der Waals surface area (Å²) in [6.45, 7) is 6.72. The van der Waals surface area contributed by atoms with Crippen LogP contribution in [0.5, 0.6) is 0 Å². The number of nitrogens with zero attached hydrogens (tertiary/aromatic N) is 2. The van der Waals surface area contributed by atoms with Crippen molar-refractivity contribution in [2.75, 3.05) is 0 Å². The van der Waals surface area contributed by atoms with E-state index < -0.39 is 0 Å². The van der Waals surface area contributed by atoms with Gasteiger partial charge in [0.05, 0.1) is 0 Å². The number of halogens is 1. The Kier molecular flexibility index (Phi) is 3.25. The molecule has 0 aliphatic carbocycles. The standard InChI is InChI=1S/C9H13BrN2O/c1-6(2)5-12-7(3)11-4-8(10)9(12)13/h4,6H,5H2,1-3H3. The van der Waals surface area contributed by atoms with Gasteiger partial charge in [0.2, 0.25) is 0 Å². The van der Waals surface area contributed by atoms with Crippen molar-refractivity contribution in [2.24, 2.45) is 5.92 Å². The van der Waals surface area contributed by atoms with Crippen LogP contribution in [-0.4, -0.2) is 9.55 Å². The zero-order valence-electron chi connectivity index (χ0n) is 8.04. The lowest BCUT2D eigenvalue weighted by molar-refractivity contribution is 0.493. The van der Waals surface area contributed by atoms with E-state index in [-0.39, 0.29) is 5.56 Å². The van der Waals surface area contributed by atoms with Crippen molar-refractivity contribution < 1.29 is 0 Å². The molecule has 0 aliphatic heterocycles. The van der Waals surface area contributed by atoms with Crippen LogP contribution in [0.3, 0.4) is 0 Å². The smallest absolute Gasteiger partial charge is 0.267 e. The first kappa shape index (κ1) is 10.4. The quantitative estimate of drug-likeness (QED) is 0.798. The average Bonchev–Trinajstić information content (AvgIpc) is 2.05. The van der Waals surface area contributed by atoms with Gasteiger partial charge in [0.25, 0.3) is 5.56 Å². The van der Waals surface area contributed by atoms with E-state index in [0.29, 0.717) is 10.4 Å². The minimum absolute atomic E-state index is 0.00111. The third-order valence-corrected chi connectivity index (χ3v) is 2.30. The first-order valence-electron chi connectivity index (χ1n) is 4.24. The third kappa shape index (κ3) is 2.40. The molecule has 0 saturated carbocycles. The molecule has 0 saturated heterocycles. The first-order valence-corrected chi connectivity index (χ1v) is 5.03. The Morgan fingerprint density at radius 1 is 1.62 bits per heavy atom. The van der Waals surface area contributed by atoms with Crippen molar-refractivity contribution in [1.82, 2.24) is 9.55 Å². The molecule has 0 unspecified atom stereocenters. The fourth-order valence-electron chi connectivity index (χ4n) is 1.13. The molecule has 4 heteroatoms. The van der Waals surface area contributed by atoms with Crippen LogP contribution in [0.1, 0.15) is 19.7 Å². The molecule has 1 heterocycles. The van der Waals surface area contributed by atoms with Crippen LogP contribution in [0, 0.1) is 12.8 Å². The second kappa shape index (κ2) is 4.05. The molecule has 0 radical (unpaired) electrons. The van der Waals surface area contributed by atoms with E-state index in [1.165, 1.54) is 0 Å². The first-order chi connectivity index (χ1) is 6.02. The molecule has 0 bridgehead atoms. The summed E-state index contributed by atoms with van der Waals surface area (Å²) in [4.78, 5) is 15.7. The number of aromatic nitrogens is 2. The van der Waals surface area contributed by atoms with Crippen molar-refractivity contribution in [3.63, 3.8) is 0 Å². The monoisotopic (exact) mass is 244 g/mol. The van der Waals surface area contributed by atoms with Gasteiger partial charge < -0.3 is 0 Å². The van der Waals surface area contributed by atoms with Gasteiger partial charge in [-0.25, -0.2) is 4.98 Å². The maximum Gasteiger partial charge on any atom is 0.267 e. The molecular weight excluding hydrogens is 232 g/mol. The van der Waals surface area contributed by atoms with Crippen molar-refractivity contribution in [3.8, 4) is 0 Å². The molecule has 72 valence electrons. The summed E-state index contributed by atoms with van der Waals surface area (Å²) in [7, 11) is 0. The number of aryl methyl sites for hydroxylation is 1. The van der Waals surface area contributed by atoms with Gasteiger partial charge in [-0.15, -0.1) is 0 Å². The highest BCUT2D eigenvalue weighted by molar-refractivity contribution is 9.10. The Balaban J connectivity index is 3.18. The highest BCUT2D eigenvalue weighted by Gasteiger charge is 2.06. The van der Waals surface area contributed by atoms with Crippen LogP contribution in [0.4, 0.5) is 0 Å². The van der Waals surface area contributed by atoms with Crippen molar-refractivity contribution >= 4 is 15.9 Å². The predicted octanol–water partition coefficient (Wildman–Crippen LogP) is 1.97. The number of hydrogen-bond acceptors (Lipinski definition) is 2. The predicted molar refractivity (Wildman–Crippen MR) is 55.8 cm³/mol. The minimum atomic E-state index is 0.00111. The molecule has 0 aromatic carbocycles. The van der Waals surface area contributed by atoms with Gasteiger partial charge in [0.15, 0.2) is 0 Å². The molecule has 1 aromatic rings. The van der Waals surface area contributed by atoms with E-state index in [2.05, 4.69) is 34.8 Å². The summed E-state index contributed by atoms with van der Waals surface area (Å²) in [5.41, 5.74) is 0.00111. The molecule has 3 nitrogen and oxygen atoms in total. The number of rotatable bonds is 2. The average molecular weight is 245 g/mol. The summed E-state index contributed by atoms with van der Waals surface area (Å²) >= 11 is 3.17. The van der Waals surface area contributed by atoms with E-state index in [1.807, 2.05) is 6.92 Å². The van der Waals surface area contributed by atoms with E-state index in [0.717, 1.165) is 12.4 Å². The second-order valence-corrected chi connectivity index (χ2v) is 4.32. The van der Waals surface area contributed by atoms with Crippen molar-refractivity contribution in [3.05, 3.63) is 26.8 Å². The molecule has 0 spiro atoms. The van der Waals surface area contributed by atoms with E-state index in [1.54, 1.807) is 10.8 Å². The van der Waals surface area contributed by atoms with Crippen LogP contribution < -0.4 is 5.56 Å². The summed E-state index contributed by atoms with van der Waals surface area (Å²) in [6.07, 6.45) is 1.55. The minimum Gasteiger partial charge on any atom is -0.296 e. The molecule has 13 heavy (non-hydrogen) atoms. The fraction of sp³-hybridized carbons (Fsp3) is 0.556. The highest BCUT2D eigenvalue weighted by Crippen LogP contribution is 2.04. The third-order valence-electron chi connectivity index (χ3n) is 1.75. The molecule has 1 rings (SSSR count). The molecule has 0 atom stereocenters. The summed E-state index contributed by atoms with van der Waals surface area (Å²) < 4.78 is 2.22. The fourth-order valence-corrected chi connectivity index (χ4v) is 1.45. The van der Waals surface area contributed by atoms with Crippen LogP contribution in [-0.2, 0) is 6.54 Å². The Labute approximate surface area is 85.9 Å². The Bertz CT molecular complexity index is 357. The zero-order chi connectivity index (χ0) is 10.0. The van der Waals surface area contributed by atoms with Crippen molar-refractivity contribution in [1.29, 1.82) is 0 Å². The largest absolute Gasteiger partial charge is 0.296 e. The van der Waals surface area contributed by atoms with Gasteiger partial charge in [0.1, 0.15) is 10.3 Å². The lowest BCUT2D eigenvalue weighted by Gasteiger charge is -2.11. The maximum atomic E-state index is 11.6. The zero-order valence-corrected chi connectivity index (χ0v) is 9.63. The van der Waals surface area contributed by atoms with Crippen LogP contribution in [0.25, 0.3) is 0 Å². The van der Waals surface area contributed by atoms with Crippen molar-refractivity contribution in [2.45, 2.75) is 27.3 Å². The lowest BCUT2D eigenvalue weighted by atomic mass is 10.2. The molecule has 0 fully saturated rings. The van der Waals surface area contributed by atoms with E-state index >= 15 is 0 Å². The van der Waals surface area contributed by atoms with Gasteiger partial charge in [-0.2, -0.15) is 0 Å². The molecule has 0 N–H and O–H groups in total. The Morgan fingerprint density at radius 2 is 2.23 bits per heavy atom. The number of hydrogen-bond donors (Lipinski definition) is 0. The van der Waals surface area contributed by atoms with Gasteiger partial charge in [-0.05, 0) is 28.8 Å². The Hall–Kier alpha value is -0.640. The SMILES string of the molecule is Cc1ncc(Br)c(=O)n1CC(C)C. The normalized spacial score (nSPS) is 10.8. The molecule has 0 amide bonds. The van der Waals surface area contributed by atoms with Crippen LogP contribution >= 0.6 is 15.9 Å². The Morgan fingerprint density at radius 3 is 2.77 bits per heavy atom. The molecular formula is C9H13BrN2O. The summed E-state index contributed by atoms with van der Waals surface area (Å²) in [6, 6.07) is 0. The topological polar surface area (TPSA) is 34.9 Å². The van der Waals surface area contributed by atoms with Gasteiger partial charge in [-0.1, -0.05) is 13.8 Å². The van der Waals surface area contributed by atoms with Gasteiger partial charge in [-0.3, -0.25) is 9.36 Å². The van der Waals surface area contributed by atoms with Crippen LogP contribution in [0.2, 0.25) is 0 Å². The summed E-state index contributed by atoms with van der Waals surface area (Å²) in [5.74, 6) is 1.22. The van der Waals surface area contributed by atoms with Gasteiger partial charge in [0, 0.05) is 12.7 Å². The second-order valence-electron chi connectivity index (χ2n) is 3.46. The van der Waals surface area contributed by atoms with E-state index in [9.17, 15) is 4.79 Å². The van der Waals surface area contributed by atoms with E-state index in [4.69, 9.17) is 0 Å². The van der Waals surface area contributed by atoms with Gasteiger partial charge >= 0.3 is 0 Å². The summed E-state index contributed by atoms with van der Waals surface area (Å²) in [5, 5.41) is 0.